The van der Waals surface area contributed by atoms with E-state index in [1.165, 1.54) is 0 Å². The van der Waals surface area contributed by atoms with Crippen LogP contribution in [0.25, 0.3) is 11.5 Å². The summed E-state index contributed by atoms with van der Waals surface area (Å²) in [6.45, 7) is 3.53. The van der Waals surface area contributed by atoms with Crippen LogP contribution < -0.4 is 4.90 Å². The van der Waals surface area contributed by atoms with E-state index >= 15 is 0 Å². The van der Waals surface area contributed by atoms with Gasteiger partial charge in [0.25, 0.3) is 0 Å². The van der Waals surface area contributed by atoms with Crippen LogP contribution in [0.5, 0.6) is 0 Å². The van der Waals surface area contributed by atoms with E-state index in [2.05, 4.69) is 66.3 Å². The first-order chi connectivity index (χ1) is 15.7. The van der Waals surface area contributed by atoms with Gasteiger partial charge >= 0.3 is 0 Å². The Hall–Kier alpha value is -2.67. The molecule has 1 fully saturated rings. The van der Waals surface area contributed by atoms with E-state index in [1.54, 1.807) is 0 Å². The van der Waals surface area contributed by atoms with Crippen LogP contribution in [0.4, 0.5) is 5.69 Å². The van der Waals surface area contributed by atoms with Crippen LogP contribution in [0.1, 0.15) is 17.5 Å². The lowest BCUT2D eigenvalue weighted by Crippen LogP contribution is -2.48. The third-order valence-electron chi connectivity index (χ3n) is 5.73. The van der Waals surface area contributed by atoms with Crippen LogP contribution in [0.15, 0.2) is 87.8 Å². The number of rotatable bonds is 5. The highest BCUT2D eigenvalue weighted by atomic mass is 79.9. The first kappa shape index (κ1) is 21.2. The fourth-order valence-electron chi connectivity index (χ4n) is 4.11. The third kappa shape index (κ3) is 4.58. The molecule has 2 heterocycles. The lowest BCUT2D eigenvalue weighted by Gasteiger charge is -2.39. The highest BCUT2D eigenvalue weighted by Crippen LogP contribution is 2.32. The van der Waals surface area contributed by atoms with Gasteiger partial charge in [-0.05, 0) is 48.0 Å². The number of hydrogen-bond donors (Lipinski definition) is 0. The molecule has 0 amide bonds. The first-order valence-corrected chi connectivity index (χ1v) is 11.7. The summed E-state index contributed by atoms with van der Waals surface area (Å²) < 4.78 is 7.23. The Balaban J connectivity index is 1.41. The van der Waals surface area contributed by atoms with Gasteiger partial charge in [-0.2, -0.15) is 0 Å². The second-order valence-electron chi connectivity index (χ2n) is 7.77. The van der Waals surface area contributed by atoms with E-state index < -0.39 is 0 Å². The Morgan fingerprint density at radius 1 is 0.844 bits per heavy atom. The summed E-state index contributed by atoms with van der Waals surface area (Å²) in [5, 5.41) is 9.56. The second-order valence-corrected chi connectivity index (χ2v) is 9.12. The molecule has 0 radical (unpaired) electrons. The summed E-state index contributed by atoms with van der Waals surface area (Å²) in [6.07, 6.45) is 0. The van der Waals surface area contributed by atoms with Crippen molar-refractivity contribution in [2.45, 2.75) is 6.04 Å². The summed E-state index contributed by atoms with van der Waals surface area (Å²) in [4.78, 5) is 4.77. The number of benzene rings is 3. The molecule has 1 aromatic heterocycles. The number of piperazine rings is 1. The molecule has 5 rings (SSSR count). The van der Waals surface area contributed by atoms with Gasteiger partial charge in [-0.15, -0.1) is 10.2 Å². The minimum atomic E-state index is -0.102. The average Bonchev–Trinajstić information content (AvgIpc) is 3.31. The van der Waals surface area contributed by atoms with Crippen molar-refractivity contribution >= 4 is 33.2 Å². The number of aromatic nitrogens is 2. The number of anilines is 1. The van der Waals surface area contributed by atoms with Gasteiger partial charge in [-0.3, -0.25) is 4.90 Å². The van der Waals surface area contributed by atoms with Crippen molar-refractivity contribution < 1.29 is 4.42 Å². The van der Waals surface area contributed by atoms with Gasteiger partial charge in [0.2, 0.25) is 11.8 Å². The molecular formula is C25H22BrClN4O. The predicted molar refractivity (Wildman–Crippen MR) is 131 cm³/mol. The van der Waals surface area contributed by atoms with Crippen molar-refractivity contribution in [2.24, 2.45) is 0 Å². The Kier molecular flexibility index (Phi) is 6.26. The predicted octanol–water partition coefficient (Wildman–Crippen LogP) is 6.06. The molecule has 0 unspecified atom stereocenters. The van der Waals surface area contributed by atoms with Crippen molar-refractivity contribution in [1.29, 1.82) is 0 Å². The molecule has 5 nitrogen and oxygen atoms in total. The number of nitrogens with zero attached hydrogens (tertiary/aromatic N) is 4. The topological polar surface area (TPSA) is 45.4 Å². The van der Waals surface area contributed by atoms with E-state index in [9.17, 15) is 0 Å². The molecule has 32 heavy (non-hydrogen) atoms. The van der Waals surface area contributed by atoms with Gasteiger partial charge in [-0.1, -0.05) is 63.9 Å². The van der Waals surface area contributed by atoms with Gasteiger partial charge in [0.15, 0.2) is 0 Å². The molecule has 1 aliphatic rings. The zero-order valence-electron chi connectivity index (χ0n) is 17.4. The quantitative estimate of drug-likeness (QED) is 0.327. The van der Waals surface area contributed by atoms with Crippen molar-refractivity contribution in [2.75, 3.05) is 31.1 Å². The van der Waals surface area contributed by atoms with Crippen molar-refractivity contribution in [1.82, 2.24) is 15.1 Å². The minimum absolute atomic E-state index is 0.102. The van der Waals surface area contributed by atoms with Crippen molar-refractivity contribution in [3.05, 3.63) is 99.8 Å². The van der Waals surface area contributed by atoms with Crippen LogP contribution in [0.2, 0.25) is 5.02 Å². The number of halogens is 2. The fourth-order valence-corrected chi connectivity index (χ4v) is 4.56. The molecule has 4 aromatic rings. The summed E-state index contributed by atoms with van der Waals surface area (Å²) in [7, 11) is 0. The molecule has 0 aliphatic carbocycles. The van der Waals surface area contributed by atoms with Gasteiger partial charge in [-0.25, -0.2) is 0 Å². The molecule has 7 heteroatoms. The molecule has 162 valence electrons. The van der Waals surface area contributed by atoms with Gasteiger partial charge < -0.3 is 9.32 Å². The van der Waals surface area contributed by atoms with Crippen LogP contribution in [0, 0.1) is 0 Å². The Labute approximate surface area is 200 Å². The maximum Gasteiger partial charge on any atom is 0.247 e. The largest absolute Gasteiger partial charge is 0.419 e. The lowest BCUT2D eigenvalue weighted by atomic mass is 10.0. The highest BCUT2D eigenvalue weighted by molar-refractivity contribution is 9.10. The molecule has 0 N–H and O–H groups in total. The maximum absolute atomic E-state index is 6.20. The standard InChI is InChI=1S/C25H22BrClN4O/c26-20-11-9-18(10-12-20)23(25-29-28-24(32-25)19-5-2-1-3-6-19)31-15-13-30(14-16-31)22-8-4-7-21(27)17-22/h1-12,17,23H,13-16H2/t23-/m1/s1. The van der Waals surface area contributed by atoms with Crippen LogP contribution in [-0.2, 0) is 0 Å². The molecule has 0 spiro atoms. The summed E-state index contributed by atoms with van der Waals surface area (Å²) in [5.41, 5.74) is 3.21. The van der Waals surface area contributed by atoms with Crippen molar-refractivity contribution in [3.63, 3.8) is 0 Å². The van der Waals surface area contributed by atoms with E-state index in [-0.39, 0.29) is 6.04 Å². The van der Waals surface area contributed by atoms with E-state index in [0.717, 1.165) is 52.5 Å². The molecular weight excluding hydrogens is 488 g/mol. The number of hydrogen-bond acceptors (Lipinski definition) is 5. The zero-order chi connectivity index (χ0) is 21.9. The molecule has 1 saturated heterocycles. The van der Waals surface area contributed by atoms with Crippen molar-refractivity contribution in [3.8, 4) is 11.5 Å². The molecule has 1 aliphatic heterocycles. The Morgan fingerprint density at radius 3 is 2.31 bits per heavy atom. The normalized spacial score (nSPS) is 15.6. The second kappa shape index (κ2) is 9.45. The molecule has 3 aromatic carbocycles. The maximum atomic E-state index is 6.20. The lowest BCUT2D eigenvalue weighted by molar-refractivity contribution is 0.188. The van der Waals surface area contributed by atoms with Crippen LogP contribution in [0.3, 0.4) is 0 Å². The van der Waals surface area contributed by atoms with Gasteiger partial charge in [0, 0.05) is 46.9 Å². The molecule has 0 bridgehead atoms. The van der Waals surface area contributed by atoms with E-state index in [0.29, 0.717) is 11.8 Å². The van der Waals surface area contributed by atoms with Gasteiger partial charge in [0.05, 0.1) is 0 Å². The van der Waals surface area contributed by atoms with E-state index in [1.807, 2.05) is 48.5 Å². The minimum Gasteiger partial charge on any atom is -0.419 e. The monoisotopic (exact) mass is 508 g/mol. The summed E-state index contributed by atoms with van der Waals surface area (Å²) in [5.74, 6) is 1.16. The van der Waals surface area contributed by atoms with E-state index in [4.69, 9.17) is 16.0 Å². The SMILES string of the molecule is Clc1cccc(N2CCN([C@H](c3ccc(Br)cc3)c3nnc(-c4ccccc4)o3)CC2)c1. The van der Waals surface area contributed by atoms with Crippen LogP contribution in [-0.4, -0.2) is 41.3 Å². The average molecular weight is 510 g/mol. The summed E-state index contributed by atoms with van der Waals surface area (Å²) in [6, 6.07) is 26.2. The first-order valence-electron chi connectivity index (χ1n) is 10.6. The van der Waals surface area contributed by atoms with Crippen LogP contribution >= 0.6 is 27.5 Å². The third-order valence-corrected chi connectivity index (χ3v) is 6.50. The smallest absolute Gasteiger partial charge is 0.247 e. The van der Waals surface area contributed by atoms with Gasteiger partial charge in [0.1, 0.15) is 6.04 Å². The highest BCUT2D eigenvalue weighted by Gasteiger charge is 2.30. The zero-order valence-corrected chi connectivity index (χ0v) is 19.7. The Morgan fingerprint density at radius 2 is 1.59 bits per heavy atom. The summed E-state index contributed by atoms with van der Waals surface area (Å²) >= 11 is 9.74. The molecule has 0 saturated carbocycles. The molecule has 1 atom stereocenters. The Bertz CT molecular complexity index is 1170. The fraction of sp³-hybridized carbons (Fsp3) is 0.200.